The zero-order valence-corrected chi connectivity index (χ0v) is 18.3. The fourth-order valence-corrected chi connectivity index (χ4v) is 4.37. The molecule has 1 aliphatic heterocycles. The van der Waals surface area contributed by atoms with E-state index in [4.69, 9.17) is 5.11 Å². The van der Waals surface area contributed by atoms with Crippen molar-refractivity contribution in [2.24, 2.45) is 0 Å². The van der Waals surface area contributed by atoms with Gasteiger partial charge in [-0.05, 0) is 72.2 Å². The van der Waals surface area contributed by atoms with Crippen LogP contribution in [-0.2, 0) is 30.7 Å². The van der Waals surface area contributed by atoms with E-state index in [1.54, 1.807) is 12.3 Å². The molecule has 0 saturated carbocycles. The van der Waals surface area contributed by atoms with Gasteiger partial charge in [0, 0.05) is 49.8 Å². The van der Waals surface area contributed by atoms with Crippen LogP contribution < -0.4 is 10.2 Å². The molecule has 0 unspecified atom stereocenters. The maximum Gasteiger partial charge on any atom is 0.303 e. The molecule has 2 heterocycles. The van der Waals surface area contributed by atoms with E-state index in [1.807, 2.05) is 18.3 Å². The van der Waals surface area contributed by atoms with Gasteiger partial charge in [-0.15, -0.1) is 0 Å². The molecule has 0 aliphatic carbocycles. The van der Waals surface area contributed by atoms with Gasteiger partial charge in [0.15, 0.2) is 0 Å². The number of fused-ring (bicyclic) bond motifs is 1. The van der Waals surface area contributed by atoms with E-state index in [9.17, 15) is 9.18 Å². The van der Waals surface area contributed by atoms with Gasteiger partial charge in [0.2, 0.25) is 0 Å². The Morgan fingerprint density at radius 3 is 2.81 bits per heavy atom. The number of anilines is 2. The SMILES string of the molecule is Cc1c(CNc2ccc(CCC(=O)O)c(F)c2)ccc2c1N(Cc1cccnc1)CCC2. The van der Waals surface area contributed by atoms with Gasteiger partial charge in [0.1, 0.15) is 5.82 Å². The van der Waals surface area contributed by atoms with Gasteiger partial charge in [-0.1, -0.05) is 24.3 Å². The van der Waals surface area contributed by atoms with Gasteiger partial charge >= 0.3 is 5.97 Å². The molecule has 32 heavy (non-hydrogen) atoms. The molecule has 0 radical (unpaired) electrons. The second-order valence-electron chi connectivity index (χ2n) is 8.30. The number of aryl methyl sites for hydroxylation is 2. The first-order chi connectivity index (χ1) is 15.5. The number of hydrogen-bond acceptors (Lipinski definition) is 4. The molecule has 0 atom stereocenters. The summed E-state index contributed by atoms with van der Waals surface area (Å²) in [7, 11) is 0. The van der Waals surface area contributed by atoms with Crippen LogP contribution in [0.15, 0.2) is 54.9 Å². The van der Waals surface area contributed by atoms with E-state index in [2.05, 4.69) is 40.3 Å². The number of nitrogens with one attached hydrogen (secondary N) is 1. The average Bonchev–Trinajstić information content (AvgIpc) is 2.78. The molecule has 166 valence electrons. The zero-order chi connectivity index (χ0) is 22.5. The number of nitrogens with zero attached hydrogens (tertiary/aromatic N) is 2. The maximum atomic E-state index is 14.3. The van der Waals surface area contributed by atoms with E-state index in [-0.39, 0.29) is 18.7 Å². The van der Waals surface area contributed by atoms with Crippen LogP contribution >= 0.6 is 0 Å². The molecule has 4 rings (SSSR count). The molecule has 0 bridgehead atoms. The number of aliphatic carboxylic acids is 1. The normalized spacial score (nSPS) is 13.0. The van der Waals surface area contributed by atoms with Crippen LogP contribution in [-0.4, -0.2) is 22.6 Å². The number of pyridine rings is 1. The lowest BCUT2D eigenvalue weighted by Gasteiger charge is -2.34. The Labute approximate surface area is 187 Å². The van der Waals surface area contributed by atoms with Crippen molar-refractivity contribution in [2.75, 3.05) is 16.8 Å². The minimum absolute atomic E-state index is 0.0758. The van der Waals surface area contributed by atoms with Crippen LogP contribution in [0.2, 0.25) is 0 Å². The van der Waals surface area contributed by atoms with Gasteiger partial charge in [0.05, 0.1) is 0 Å². The maximum absolute atomic E-state index is 14.3. The summed E-state index contributed by atoms with van der Waals surface area (Å²) in [6.45, 7) is 4.60. The van der Waals surface area contributed by atoms with E-state index >= 15 is 0 Å². The minimum Gasteiger partial charge on any atom is -0.481 e. The Morgan fingerprint density at radius 1 is 1.22 bits per heavy atom. The van der Waals surface area contributed by atoms with Gasteiger partial charge < -0.3 is 15.3 Å². The first-order valence-corrected chi connectivity index (χ1v) is 11.0. The molecule has 1 aromatic heterocycles. The van der Waals surface area contributed by atoms with Crippen LogP contribution in [0.5, 0.6) is 0 Å². The van der Waals surface area contributed by atoms with E-state index < -0.39 is 5.97 Å². The standard InChI is InChI=1S/C26H28FN3O2/c1-18-22(16-29-23-10-8-20(24(27)14-23)9-11-25(31)32)7-6-21-5-3-13-30(26(18)21)17-19-4-2-12-28-15-19/h2,4,6-8,10,12,14-15,29H,3,5,9,11,13,16-17H2,1H3,(H,31,32). The van der Waals surface area contributed by atoms with Gasteiger partial charge in [-0.2, -0.15) is 0 Å². The van der Waals surface area contributed by atoms with E-state index in [1.165, 1.54) is 34.0 Å². The summed E-state index contributed by atoms with van der Waals surface area (Å²) in [6, 6.07) is 13.4. The number of halogens is 1. The summed E-state index contributed by atoms with van der Waals surface area (Å²) in [5.41, 5.74) is 7.40. The molecular weight excluding hydrogens is 405 g/mol. The van der Waals surface area contributed by atoms with E-state index in [0.717, 1.165) is 25.9 Å². The molecule has 3 aromatic rings. The number of aromatic nitrogens is 1. The first kappa shape index (κ1) is 21.8. The summed E-state index contributed by atoms with van der Waals surface area (Å²) >= 11 is 0. The number of carbonyl (C=O) groups is 1. The minimum atomic E-state index is -0.924. The second-order valence-corrected chi connectivity index (χ2v) is 8.30. The van der Waals surface area contributed by atoms with Crippen LogP contribution in [0, 0.1) is 12.7 Å². The van der Waals surface area contributed by atoms with Crippen molar-refractivity contribution in [3.63, 3.8) is 0 Å². The van der Waals surface area contributed by atoms with Gasteiger partial charge in [-0.25, -0.2) is 4.39 Å². The van der Waals surface area contributed by atoms with Crippen molar-refractivity contribution in [2.45, 2.75) is 45.7 Å². The number of rotatable bonds is 8. The third kappa shape index (κ3) is 5.07. The lowest BCUT2D eigenvalue weighted by atomic mass is 9.94. The monoisotopic (exact) mass is 433 g/mol. The Bertz CT molecular complexity index is 1100. The fraction of sp³-hybridized carbons (Fsp3) is 0.308. The summed E-state index contributed by atoms with van der Waals surface area (Å²) in [5.74, 6) is -1.30. The van der Waals surface area contributed by atoms with Crippen molar-refractivity contribution in [1.82, 2.24) is 4.98 Å². The third-order valence-electron chi connectivity index (χ3n) is 6.06. The number of hydrogen-bond donors (Lipinski definition) is 2. The Kier molecular flexibility index (Phi) is 6.69. The highest BCUT2D eigenvalue weighted by Crippen LogP contribution is 2.34. The smallest absolute Gasteiger partial charge is 0.303 e. The predicted molar refractivity (Wildman–Crippen MR) is 124 cm³/mol. The second kappa shape index (κ2) is 9.81. The first-order valence-electron chi connectivity index (χ1n) is 11.0. The van der Waals surface area contributed by atoms with Crippen molar-refractivity contribution in [3.05, 3.63) is 88.5 Å². The van der Waals surface area contributed by atoms with Gasteiger partial charge in [-0.3, -0.25) is 9.78 Å². The number of carboxylic acid groups (broad SMARTS) is 1. The van der Waals surface area contributed by atoms with Crippen LogP contribution in [0.25, 0.3) is 0 Å². The molecule has 0 fully saturated rings. The highest BCUT2D eigenvalue weighted by atomic mass is 19.1. The van der Waals surface area contributed by atoms with Crippen molar-refractivity contribution < 1.29 is 14.3 Å². The zero-order valence-electron chi connectivity index (χ0n) is 18.3. The highest BCUT2D eigenvalue weighted by molar-refractivity contribution is 5.67. The molecule has 2 N–H and O–H groups in total. The molecule has 0 spiro atoms. The molecular formula is C26H28FN3O2. The largest absolute Gasteiger partial charge is 0.481 e. The molecule has 0 amide bonds. The predicted octanol–water partition coefficient (Wildman–Crippen LogP) is 5.11. The van der Waals surface area contributed by atoms with Crippen molar-refractivity contribution >= 4 is 17.3 Å². The summed E-state index contributed by atoms with van der Waals surface area (Å²) < 4.78 is 14.3. The van der Waals surface area contributed by atoms with Crippen molar-refractivity contribution in [1.29, 1.82) is 0 Å². The van der Waals surface area contributed by atoms with Crippen molar-refractivity contribution in [3.8, 4) is 0 Å². The topological polar surface area (TPSA) is 65.5 Å². The lowest BCUT2D eigenvalue weighted by Crippen LogP contribution is -2.30. The lowest BCUT2D eigenvalue weighted by molar-refractivity contribution is -0.136. The Hall–Kier alpha value is -3.41. The fourth-order valence-electron chi connectivity index (χ4n) is 4.37. The highest BCUT2D eigenvalue weighted by Gasteiger charge is 2.21. The summed E-state index contributed by atoms with van der Waals surface area (Å²) in [6.07, 6.45) is 6.05. The number of benzene rings is 2. The van der Waals surface area contributed by atoms with E-state index in [0.29, 0.717) is 17.8 Å². The van der Waals surface area contributed by atoms with Crippen LogP contribution in [0.1, 0.15) is 40.7 Å². The summed E-state index contributed by atoms with van der Waals surface area (Å²) in [4.78, 5) is 17.4. The van der Waals surface area contributed by atoms with Crippen LogP contribution in [0.3, 0.4) is 0 Å². The Morgan fingerprint density at radius 2 is 2.06 bits per heavy atom. The molecule has 6 heteroatoms. The van der Waals surface area contributed by atoms with Crippen LogP contribution in [0.4, 0.5) is 15.8 Å². The summed E-state index contributed by atoms with van der Waals surface area (Å²) in [5, 5.41) is 12.1. The van der Waals surface area contributed by atoms with Gasteiger partial charge in [0.25, 0.3) is 0 Å². The molecule has 1 aliphatic rings. The Balaban J connectivity index is 1.49. The molecule has 5 nitrogen and oxygen atoms in total. The number of carboxylic acids is 1. The quantitative estimate of drug-likeness (QED) is 0.517. The molecule has 0 saturated heterocycles. The average molecular weight is 434 g/mol. The third-order valence-corrected chi connectivity index (χ3v) is 6.06. The molecule has 2 aromatic carbocycles.